The molecule has 1 aromatic rings. The van der Waals surface area contributed by atoms with Crippen LogP contribution in [0.5, 0.6) is 5.75 Å². The van der Waals surface area contributed by atoms with Crippen molar-refractivity contribution in [3.63, 3.8) is 0 Å². The van der Waals surface area contributed by atoms with E-state index in [4.69, 9.17) is 10.5 Å². The Kier molecular flexibility index (Phi) is 14.1. The Morgan fingerprint density at radius 3 is 2.29 bits per heavy atom. The highest BCUT2D eigenvalue weighted by Crippen LogP contribution is 2.29. The van der Waals surface area contributed by atoms with Gasteiger partial charge in [-0.25, -0.2) is 4.79 Å². The van der Waals surface area contributed by atoms with Gasteiger partial charge in [-0.2, -0.15) is 0 Å². The van der Waals surface area contributed by atoms with Gasteiger partial charge in [0.15, 0.2) is 0 Å². The minimum Gasteiger partial charge on any atom is -0.508 e. The van der Waals surface area contributed by atoms with Crippen LogP contribution in [0.4, 0.5) is 4.79 Å². The summed E-state index contributed by atoms with van der Waals surface area (Å²) >= 11 is 0. The molecule has 0 spiro atoms. The third-order valence-corrected chi connectivity index (χ3v) is 7.48. The summed E-state index contributed by atoms with van der Waals surface area (Å²) in [5, 5.41) is 15.9. The number of benzene rings is 1. The lowest BCUT2D eigenvalue weighted by molar-refractivity contribution is -0.143. The SMILES string of the molecule is CCCCCCCCN(C(=O)C(CC(N)=O)NC(=O)OC(C)(C)C)C(C(=O)NC1CCCCC1)c1ccc(O)c(C)c1. The second kappa shape index (κ2) is 17.0. The van der Waals surface area contributed by atoms with E-state index in [2.05, 4.69) is 17.6 Å². The molecule has 0 bridgehead atoms. The van der Waals surface area contributed by atoms with Gasteiger partial charge in [-0.3, -0.25) is 14.4 Å². The number of amides is 4. The number of aromatic hydroxyl groups is 1. The van der Waals surface area contributed by atoms with E-state index in [0.717, 1.165) is 64.2 Å². The quantitative estimate of drug-likeness (QED) is 0.208. The monoisotopic (exact) mass is 588 g/mol. The summed E-state index contributed by atoms with van der Waals surface area (Å²) in [5.41, 5.74) is 5.78. The van der Waals surface area contributed by atoms with E-state index in [1.807, 2.05) is 0 Å². The maximum absolute atomic E-state index is 14.2. The Labute approximate surface area is 251 Å². The van der Waals surface area contributed by atoms with Crippen molar-refractivity contribution < 1.29 is 29.0 Å². The molecule has 4 amide bonds. The number of hydrogen-bond acceptors (Lipinski definition) is 6. The first-order valence-corrected chi connectivity index (χ1v) is 15.5. The van der Waals surface area contributed by atoms with Gasteiger partial charge in [0.05, 0.1) is 6.42 Å². The molecular formula is C32H52N4O6. The van der Waals surface area contributed by atoms with Gasteiger partial charge in [-0.1, -0.05) is 64.4 Å². The largest absolute Gasteiger partial charge is 0.508 e. The molecule has 2 rings (SSSR count). The molecule has 1 fully saturated rings. The van der Waals surface area contributed by atoms with Crippen LogP contribution in [-0.4, -0.2) is 58.1 Å². The molecule has 2 unspecified atom stereocenters. The molecule has 1 aromatic carbocycles. The summed E-state index contributed by atoms with van der Waals surface area (Å²) in [4.78, 5) is 54.4. The van der Waals surface area contributed by atoms with Gasteiger partial charge in [-0.05, 0) is 70.2 Å². The zero-order valence-corrected chi connectivity index (χ0v) is 26.2. The van der Waals surface area contributed by atoms with Crippen LogP contribution in [0.25, 0.3) is 0 Å². The first-order valence-electron chi connectivity index (χ1n) is 15.5. The predicted octanol–water partition coefficient (Wildman–Crippen LogP) is 5.15. The Morgan fingerprint density at radius 2 is 1.69 bits per heavy atom. The van der Waals surface area contributed by atoms with Crippen molar-refractivity contribution in [3.8, 4) is 5.75 Å². The van der Waals surface area contributed by atoms with Gasteiger partial charge in [0.25, 0.3) is 0 Å². The molecule has 0 radical (unpaired) electrons. The number of primary amides is 1. The topological polar surface area (TPSA) is 151 Å². The molecule has 0 aromatic heterocycles. The molecule has 10 heteroatoms. The fraction of sp³-hybridized carbons (Fsp3) is 0.688. The molecule has 1 aliphatic carbocycles. The number of phenols is 1. The number of unbranched alkanes of at least 4 members (excludes halogenated alkanes) is 5. The Hall–Kier alpha value is -3.30. The number of alkyl carbamates (subject to hydrolysis) is 1. The summed E-state index contributed by atoms with van der Waals surface area (Å²) in [6.45, 7) is 9.20. The fourth-order valence-electron chi connectivity index (χ4n) is 5.33. The van der Waals surface area contributed by atoms with Crippen LogP contribution in [0.2, 0.25) is 0 Å². The summed E-state index contributed by atoms with van der Waals surface area (Å²) < 4.78 is 5.36. The second-order valence-corrected chi connectivity index (χ2v) is 12.5. The molecule has 2 atom stereocenters. The van der Waals surface area contributed by atoms with Crippen LogP contribution in [0.15, 0.2) is 18.2 Å². The van der Waals surface area contributed by atoms with Crippen LogP contribution < -0.4 is 16.4 Å². The first kappa shape index (κ1) is 34.9. The smallest absolute Gasteiger partial charge is 0.408 e. The number of ether oxygens (including phenoxy) is 1. The Balaban J connectivity index is 2.48. The third kappa shape index (κ3) is 11.9. The minimum atomic E-state index is -1.32. The lowest BCUT2D eigenvalue weighted by atomic mass is 9.94. The molecule has 0 saturated heterocycles. The maximum atomic E-state index is 14.2. The maximum Gasteiger partial charge on any atom is 0.408 e. The third-order valence-electron chi connectivity index (χ3n) is 7.48. The standard InChI is InChI=1S/C32H52N4O6/c1-6-7-8-9-10-14-19-36(30(40)25(21-27(33)38)35-31(41)42-32(3,4)5)28(23-17-18-26(37)22(2)20-23)29(39)34-24-15-12-11-13-16-24/h17-18,20,24-25,28,37H,6-16,19,21H2,1-5H3,(H2,33,38)(H,34,39)(H,35,41). The van der Waals surface area contributed by atoms with Crippen LogP contribution in [-0.2, 0) is 19.1 Å². The average molecular weight is 589 g/mol. The normalized spacial score (nSPS) is 15.4. The van der Waals surface area contributed by atoms with Gasteiger partial charge >= 0.3 is 6.09 Å². The van der Waals surface area contributed by atoms with E-state index >= 15 is 0 Å². The Bertz CT molecular complexity index is 1050. The molecule has 0 aliphatic heterocycles. The van der Waals surface area contributed by atoms with Gasteiger partial charge in [-0.15, -0.1) is 0 Å². The number of aryl methyl sites for hydroxylation is 1. The molecule has 1 saturated carbocycles. The zero-order chi connectivity index (χ0) is 31.3. The van der Waals surface area contributed by atoms with E-state index in [-0.39, 0.29) is 24.2 Å². The number of carbonyl (C=O) groups is 4. The zero-order valence-electron chi connectivity index (χ0n) is 26.2. The highest BCUT2D eigenvalue weighted by atomic mass is 16.6. The lowest BCUT2D eigenvalue weighted by Gasteiger charge is -2.35. The average Bonchev–Trinajstić information content (AvgIpc) is 2.90. The molecular weight excluding hydrogens is 536 g/mol. The minimum absolute atomic E-state index is 0.000683. The number of hydrogen-bond donors (Lipinski definition) is 4. The first-order chi connectivity index (χ1) is 19.8. The summed E-state index contributed by atoms with van der Waals surface area (Å²) in [7, 11) is 0. The highest BCUT2D eigenvalue weighted by molar-refractivity contribution is 5.94. The number of rotatable bonds is 15. The molecule has 0 heterocycles. The molecule has 5 N–H and O–H groups in total. The van der Waals surface area contributed by atoms with Crippen LogP contribution in [0.1, 0.15) is 122 Å². The number of carbonyl (C=O) groups excluding carboxylic acids is 4. The van der Waals surface area contributed by atoms with Gasteiger partial charge in [0, 0.05) is 12.6 Å². The van der Waals surface area contributed by atoms with Crippen molar-refractivity contribution >= 4 is 23.8 Å². The second-order valence-electron chi connectivity index (χ2n) is 12.5. The van der Waals surface area contributed by atoms with Crippen molar-refractivity contribution in [2.75, 3.05) is 6.54 Å². The van der Waals surface area contributed by atoms with E-state index in [9.17, 15) is 24.3 Å². The number of phenolic OH excluding ortho intramolecular Hbond substituents is 1. The van der Waals surface area contributed by atoms with E-state index in [1.165, 1.54) is 11.0 Å². The molecule has 10 nitrogen and oxygen atoms in total. The Morgan fingerprint density at radius 1 is 1.05 bits per heavy atom. The van der Waals surface area contributed by atoms with Crippen molar-refractivity contribution in [2.45, 2.75) is 135 Å². The van der Waals surface area contributed by atoms with Crippen LogP contribution in [0.3, 0.4) is 0 Å². The number of nitrogens with one attached hydrogen (secondary N) is 2. The van der Waals surface area contributed by atoms with Gasteiger partial charge in [0.1, 0.15) is 23.4 Å². The van der Waals surface area contributed by atoms with Crippen molar-refractivity contribution in [2.24, 2.45) is 5.73 Å². The predicted molar refractivity (Wildman–Crippen MR) is 163 cm³/mol. The van der Waals surface area contributed by atoms with Gasteiger partial charge < -0.3 is 31.1 Å². The fourth-order valence-corrected chi connectivity index (χ4v) is 5.33. The van der Waals surface area contributed by atoms with E-state index in [0.29, 0.717) is 17.5 Å². The van der Waals surface area contributed by atoms with Crippen molar-refractivity contribution in [1.82, 2.24) is 15.5 Å². The van der Waals surface area contributed by atoms with Crippen LogP contribution in [0, 0.1) is 6.92 Å². The molecule has 1 aliphatic rings. The molecule has 42 heavy (non-hydrogen) atoms. The lowest BCUT2D eigenvalue weighted by Crippen LogP contribution is -2.55. The van der Waals surface area contributed by atoms with Gasteiger partial charge in [0.2, 0.25) is 17.7 Å². The van der Waals surface area contributed by atoms with E-state index < -0.39 is 42.0 Å². The summed E-state index contributed by atoms with van der Waals surface area (Å²) in [6.07, 6.45) is 9.40. The highest BCUT2D eigenvalue weighted by Gasteiger charge is 2.37. The van der Waals surface area contributed by atoms with Crippen molar-refractivity contribution in [1.29, 1.82) is 0 Å². The number of nitrogens with two attached hydrogens (primary N) is 1. The molecule has 236 valence electrons. The van der Waals surface area contributed by atoms with E-state index in [1.54, 1.807) is 39.8 Å². The summed E-state index contributed by atoms with van der Waals surface area (Å²) in [6, 6.07) is 2.50. The number of nitrogens with zero attached hydrogens (tertiary/aromatic N) is 1. The summed E-state index contributed by atoms with van der Waals surface area (Å²) in [5.74, 6) is -1.62. The van der Waals surface area contributed by atoms with Crippen molar-refractivity contribution in [3.05, 3.63) is 29.3 Å². The van der Waals surface area contributed by atoms with Crippen LogP contribution >= 0.6 is 0 Å².